The number of methoxy groups -OCH3 is 2. The topological polar surface area (TPSA) is 45.2 Å². The van der Waals surface area contributed by atoms with Gasteiger partial charge in [-0.2, -0.15) is 0 Å². The summed E-state index contributed by atoms with van der Waals surface area (Å²) >= 11 is 0. The van der Waals surface area contributed by atoms with Gasteiger partial charge in [0.15, 0.2) is 0 Å². The van der Waals surface area contributed by atoms with E-state index in [-0.39, 0.29) is 12.1 Å². The Bertz CT molecular complexity index is 787. The zero-order valence-electron chi connectivity index (χ0n) is 16.1. The van der Waals surface area contributed by atoms with Gasteiger partial charge in [-0.1, -0.05) is 18.2 Å². The van der Waals surface area contributed by atoms with Crippen molar-refractivity contribution in [3.63, 3.8) is 0 Å². The molecule has 1 N–H and O–H groups in total. The van der Waals surface area contributed by atoms with Crippen molar-refractivity contribution in [3.8, 4) is 11.5 Å². The van der Waals surface area contributed by atoms with Crippen LogP contribution in [-0.4, -0.2) is 62.6 Å². The first-order valence-corrected chi connectivity index (χ1v) is 9.65. The first kappa shape index (κ1) is 18.1. The average molecular weight is 368 g/mol. The van der Waals surface area contributed by atoms with Crippen LogP contribution < -0.4 is 14.4 Å². The Morgan fingerprint density at radius 1 is 0.889 bits per heavy atom. The molecule has 1 fully saturated rings. The lowest BCUT2D eigenvalue weighted by Crippen LogP contribution is -2.56. The number of fused-ring (bicyclic) bond motifs is 1. The van der Waals surface area contributed by atoms with Gasteiger partial charge in [-0.3, -0.25) is 4.90 Å². The van der Waals surface area contributed by atoms with E-state index < -0.39 is 0 Å². The highest BCUT2D eigenvalue weighted by molar-refractivity contribution is 5.58. The average Bonchev–Trinajstić information content (AvgIpc) is 2.73. The Morgan fingerprint density at radius 2 is 1.67 bits per heavy atom. The Kier molecular flexibility index (Phi) is 5.23. The second-order valence-corrected chi connectivity index (χ2v) is 7.37. The first-order chi connectivity index (χ1) is 13.2. The molecule has 5 nitrogen and oxygen atoms in total. The molecular weight excluding hydrogens is 340 g/mol. The van der Waals surface area contributed by atoms with E-state index in [2.05, 4.69) is 34.1 Å². The highest BCUT2D eigenvalue weighted by Crippen LogP contribution is 2.31. The van der Waals surface area contributed by atoms with Gasteiger partial charge in [0.2, 0.25) is 0 Å². The third-order valence-corrected chi connectivity index (χ3v) is 5.92. The second kappa shape index (κ2) is 7.79. The zero-order chi connectivity index (χ0) is 18.8. The summed E-state index contributed by atoms with van der Waals surface area (Å²) in [6.45, 7) is 3.79. The summed E-state index contributed by atoms with van der Waals surface area (Å²) in [4.78, 5) is 4.83. The largest absolute Gasteiger partial charge is 0.497 e. The number of hydrogen-bond donors (Lipinski definition) is 1. The molecule has 5 heteroatoms. The molecule has 2 aromatic carbocycles. The van der Waals surface area contributed by atoms with Crippen molar-refractivity contribution in [2.45, 2.75) is 25.0 Å². The van der Waals surface area contributed by atoms with Crippen molar-refractivity contribution in [1.29, 1.82) is 0 Å². The number of nitrogens with zero attached hydrogens (tertiary/aromatic N) is 2. The maximum atomic E-state index is 10.8. The molecule has 2 aliphatic rings. The third-order valence-electron chi connectivity index (χ3n) is 5.92. The van der Waals surface area contributed by atoms with E-state index >= 15 is 0 Å². The number of anilines is 1. The normalized spacial score (nSPS) is 23.0. The maximum absolute atomic E-state index is 10.8. The van der Waals surface area contributed by atoms with Crippen LogP contribution in [0.15, 0.2) is 42.5 Å². The molecule has 0 aromatic heterocycles. The van der Waals surface area contributed by atoms with Gasteiger partial charge < -0.3 is 19.5 Å². The van der Waals surface area contributed by atoms with E-state index in [0.29, 0.717) is 6.42 Å². The summed E-state index contributed by atoms with van der Waals surface area (Å²) in [6.07, 6.45) is 1.27. The van der Waals surface area contributed by atoms with Gasteiger partial charge in [0.1, 0.15) is 11.5 Å². The fourth-order valence-electron chi connectivity index (χ4n) is 4.40. The Labute approximate surface area is 161 Å². The summed E-state index contributed by atoms with van der Waals surface area (Å²) in [6, 6.07) is 14.6. The van der Waals surface area contributed by atoms with E-state index in [1.54, 1.807) is 14.2 Å². The molecule has 0 bridgehead atoms. The maximum Gasteiger partial charge on any atom is 0.142 e. The van der Waals surface area contributed by atoms with E-state index in [0.717, 1.165) is 49.8 Å². The Balaban J connectivity index is 1.43. The van der Waals surface area contributed by atoms with Crippen LogP contribution in [0.1, 0.15) is 11.1 Å². The van der Waals surface area contributed by atoms with Crippen molar-refractivity contribution in [3.05, 3.63) is 53.6 Å². The molecule has 0 radical (unpaired) electrons. The van der Waals surface area contributed by atoms with Crippen molar-refractivity contribution in [2.75, 3.05) is 45.3 Å². The van der Waals surface area contributed by atoms with Crippen molar-refractivity contribution >= 4 is 5.69 Å². The molecule has 1 heterocycles. The van der Waals surface area contributed by atoms with Gasteiger partial charge in [-0.05, 0) is 41.8 Å². The smallest absolute Gasteiger partial charge is 0.142 e. The zero-order valence-corrected chi connectivity index (χ0v) is 16.1. The number of rotatable bonds is 4. The summed E-state index contributed by atoms with van der Waals surface area (Å²) < 4.78 is 10.8. The van der Waals surface area contributed by atoms with Crippen LogP contribution in [0.2, 0.25) is 0 Å². The quantitative estimate of drug-likeness (QED) is 0.898. The number of hydrogen-bond acceptors (Lipinski definition) is 5. The van der Waals surface area contributed by atoms with Crippen LogP contribution in [0.25, 0.3) is 0 Å². The SMILES string of the molecule is COc1ccc2c(c1)C[C@H](O)[C@@H](N1CCN(c3ccccc3OC)CC1)C2. The van der Waals surface area contributed by atoms with Crippen molar-refractivity contribution in [2.24, 2.45) is 0 Å². The molecule has 1 aliphatic heterocycles. The molecule has 1 aliphatic carbocycles. The van der Waals surface area contributed by atoms with Crippen LogP contribution in [0.5, 0.6) is 11.5 Å². The predicted octanol–water partition coefficient (Wildman–Crippen LogP) is 2.35. The number of piperazine rings is 1. The van der Waals surface area contributed by atoms with Gasteiger partial charge in [-0.25, -0.2) is 0 Å². The molecule has 2 atom stereocenters. The predicted molar refractivity (Wildman–Crippen MR) is 107 cm³/mol. The van der Waals surface area contributed by atoms with Gasteiger partial charge in [0.25, 0.3) is 0 Å². The molecule has 2 aromatic rings. The highest BCUT2D eigenvalue weighted by atomic mass is 16.5. The molecule has 144 valence electrons. The fourth-order valence-corrected chi connectivity index (χ4v) is 4.40. The van der Waals surface area contributed by atoms with Crippen LogP contribution in [0.3, 0.4) is 0 Å². The summed E-state index contributed by atoms with van der Waals surface area (Å²) in [5, 5.41) is 10.8. The molecule has 0 spiro atoms. The number of benzene rings is 2. The van der Waals surface area contributed by atoms with Crippen LogP contribution in [-0.2, 0) is 12.8 Å². The number of ether oxygens (including phenoxy) is 2. The number of aliphatic hydroxyl groups excluding tert-OH is 1. The lowest BCUT2D eigenvalue weighted by Gasteiger charge is -2.43. The molecule has 0 unspecified atom stereocenters. The monoisotopic (exact) mass is 368 g/mol. The highest BCUT2D eigenvalue weighted by Gasteiger charge is 2.33. The van der Waals surface area contributed by atoms with Gasteiger partial charge in [0, 0.05) is 38.6 Å². The Morgan fingerprint density at radius 3 is 2.41 bits per heavy atom. The van der Waals surface area contributed by atoms with E-state index in [9.17, 15) is 5.11 Å². The van der Waals surface area contributed by atoms with E-state index in [1.807, 2.05) is 18.2 Å². The molecule has 1 saturated heterocycles. The minimum Gasteiger partial charge on any atom is -0.497 e. The van der Waals surface area contributed by atoms with Gasteiger partial charge >= 0.3 is 0 Å². The van der Waals surface area contributed by atoms with Gasteiger partial charge in [0.05, 0.1) is 26.0 Å². The molecule has 27 heavy (non-hydrogen) atoms. The molecule has 0 amide bonds. The first-order valence-electron chi connectivity index (χ1n) is 9.65. The van der Waals surface area contributed by atoms with Crippen molar-refractivity contribution < 1.29 is 14.6 Å². The summed E-state index contributed by atoms with van der Waals surface area (Å²) in [5.74, 6) is 1.79. The third kappa shape index (κ3) is 3.62. The Hall–Kier alpha value is -2.24. The number of aliphatic hydroxyl groups is 1. The van der Waals surface area contributed by atoms with Crippen LogP contribution in [0.4, 0.5) is 5.69 Å². The second-order valence-electron chi connectivity index (χ2n) is 7.37. The van der Waals surface area contributed by atoms with Gasteiger partial charge in [-0.15, -0.1) is 0 Å². The molecular formula is C22H28N2O3. The lowest BCUT2D eigenvalue weighted by atomic mass is 9.85. The van der Waals surface area contributed by atoms with Crippen molar-refractivity contribution in [1.82, 2.24) is 4.90 Å². The lowest BCUT2D eigenvalue weighted by molar-refractivity contribution is 0.0394. The minimum absolute atomic E-state index is 0.186. The summed E-state index contributed by atoms with van der Waals surface area (Å²) in [5.41, 5.74) is 3.70. The standard InChI is InChI=1S/C22H28N2O3/c1-26-18-8-7-16-14-20(21(25)15-17(16)13-18)24-11-9-23(10-12-24)19-5-3-4-6-22(19)27-2/h3-8,13,20-21,25H,9-12,14-15H2,1-2H3/t20-,21-/m0/s1. The number of para-hydroxylation sites is 2. The van der Waals surface area contributed by atoms with Crippen LogP contribution in [0, 0.1) is 0 Å². The molecule has 4 rings (SSSR count). The van der Waals surface area contributed by atoms with E-state index in [4.69, 9.17) is 9.47 Å². The minimum atomic E-state index is -0.331. The van der Waals surface area contributed by atoms with Crippen LogP contribution >= 0.6 is 0 Å². The summed E-state index contributed by atoms with van der Waals surface area (Å²) in [7, 11) is 3.41. The van der Waals surface area contributed by atoms with E-state index in [1.165, 1.54) is 11.1 Å². The fraction of sp³-hybridized carbons (Fsp3) is 0.455. The molecule has 0 saturated carbocycles.